The van der Waals surface area contributed by atoms with Crippen molar-refractivity contribution in [2.45, 2.75) is 33.1 Å². The Hall–Kier alpha value is -0.810. The Morgan fingerprint density at radius 2 is 1.90 bits per heavy atom. The fourth-order valence-corrected chi connectivity index (χ4v) is 2.35. The van der Waals surface area contributed by atoms with Gasteiger partial charge in [0, 0.05) is 26.2 Å². The fraction of sp³-hybridized carbons (Fsp3) is 0.933. The summed E-state index contributed by atoms with van der Waals surface area (Å²) in [5.41, 5.74) is 0. The van der Waals surface area contributed by atoms with Crippen LogP contribution in [0.15, 0.2) is 4.99 Å². The molecule has 1 aliphatic heterocycles. The number of hydrogen-bond acceptors (Lipinski definition) is 3. The predicted octanol–water partition coefficient (Wildman–Crippen LogP) is 0.979. The van der Waals surface area contributed by atoms with E-state index in [4.69, 9.17) is 0 Å². The number of likely N-dealkylation sites (N-methyl/N-ethyl adjacent to an activating group) is 1. The summed E-state index contributed by atoms with van der Waals surface area (Å²) in [6.45, 7) is 12.8. The molecule has 2 N–H and O–H groups in total. The van der Waals surface area contributed by atoms with E-state index >= 15 is 0 Å². The first-order valence-electron chi connectivity index (χ1n) is 8.19. The third-order valence-electron chi connectivity index (χ3n) is 3.80. The maximum atomic E-state index is 4.66. The van der Waals surface area contributed by atoms with E-state index in [0.29, 0.717) is 0 Å². The van der Waals surface area contributed by atoms with Crippen LogP contribution < -0.4 is 10.6 Å². The van der Waals surface area contributed by atoms with Crippen LogP contribution in [-0.2, 0) is 0 Å². The molecule has 0 aromatic carbocycles. The summed E-state index contributed by atoms with van der Waals surface area (Å²) in [5.74, 6) is 0.953. The number of nitrogens with zero attached hydrogens (tertiary/aromatic N) is 3. The second-order valence-electron chi connectivity index (χ2n) is 5.49. The molecule has 1 heterocycles. The van der Waals surface area contributed by atoms with Crippen molar-refractivity contribution in [2.75, 3.05) is 59.4 Å². The summed E-state index contributed by atoms with van der Waals surface area (Å²) < 4.78 is 0. The van der Waals surface area contributed by atoms with Crippen molar-refractivity contribution < 1.29 is 0 Å². The molecule has 0 saturated carbocycles. The van der Waals surface area contributed by atoms with Crippen molar-refractivity contribution in [3.05, 3.63) is 0 Å². The van der Waals surface area contributed by atoms with Crippen molar-refractivity contribution in [3.8, 4) is 0 Å². The van der Waals surface area contributed by atoms with E-state index < -0.39 is 0 Å². The van der Waals surface area contributed by atoms with Gasteiger partial charge < -0.3 is 20.4 Å². The highest BCUT2D eigenvalue weighted by Gasteiger charge is 2.08. The number of guanidine groups is 1. The lowest BCUT2D eigenvalue weighted by molar-refractivity contribution is 0.235. The Labute approximate surface area is 124 Å². The molecule has 5 nitrogen and oxygen atoms in total. The lowest BCUT2D eigenvalue weighted by Gasteiger charge is -2.25. The highest BCUT2D eigenvalue weighted by molar-refractivity contribution is 5.79. The topological polar surface area (TPSA) is 42.9 Å². The Bertz CT molecular complexity index is 261. The van der Waals surface area contributed by atoms with Gasteiger partial charge in [0.25, 0.3) is 0 Å². The quantitative estimate of drug-likeness (QED) is 0.515. The third-order valence-corrected chi connectivity index (χ3v) is 3.80. The molecule has 1 fully saturated rings. The molecular formula is C15H33N5. The van der Waals surface area contributed by atoms with Crippen LogP contribution in [0.2, 0.25) is 0 Å². The summed E-state index contributed by atoms with van der Waals surface area (Å²) in [7, 11) is 2.14. The van der Waals surface area contributed by atoms with Gasteiger partial charge in [0.1, 0.15) is 0 Å². The Morgan fingerprint density at radius 1 is 1.15 bits per heavy atom. The van der Waals surface area contributed by atoms with E-state index in [2.05, 4.69) is 46.3 Å². The highest BCUT2D eigenvalue weighted by atomic mass is 15.2. The van der Waals surface area contributed by atoms with E-state index in [9.17, 15) is 0 Å². The maximum absolute atomic E-state index is 4.66. The lowest BCUT2D eigenvalue weighted by atomic mass is 10.1. The van der Waals surface area contributed by atoms with Crippen molar-refractivity contribution in [1.82, 2.24) is 20.4 Å². The SMILES string of the molecule is CCNC(=NCCN1CCCCC1)NCCN(C)CC. The Balaban J connectivity index is 2.22. The molecule has 1 saturated heterocycles. The summed E-state index contributed by atoms with van der Waals surface area (Å²) >= 11 is 0. The second kappa shape index (κ2) is 10.9. The zero-order valence-electron chi connectivity index (χ0n) is 13.6. The summed E-state index contributed by atoms with van der Waals surface area (Å²) in [6.07, 6.45) is 4.10. The monoisotopic (exact) mass is 283 g/mol. The number of piperidine rings is 1. The van der Waals surface area contributed by atoms with E-state index in [1.165, 1.54) is 32.4 Å². The molecule has 0 aliphatic carbocycles. The van der Waals surface area contributed by atoms with Crippen LogP contribution in [0.3, 0.4) is 0 Å². The largest absolute Gasteiger partial charge is 0.357 e. The zero-order chi connectivity index (χ0) is 14.6. The minimum Gasteiger partial charge on any atom is -0.357 e. The van der Waals surface area contributed by atoms with Gasteiger partial charge in [-0.3, -0.25) is 4.99 Å². The average Bonchev–Trinajstić information content (AvgIpc) is 2.48. The zero-order valence-corrected chi connectivity index (χ0v) is 13.6. The van der Waals surface area contributed by atoms with Crippen molar-refractivity contribution in [2.24, 2.45) is 4.99 Å². The highest BCUT2D eigenvalue weighted by Crippen LogP contribution is 2.07. The molecule has 0 atom stereocenters. The van der Waals surface area contributed by atoms with Gasteiger partial charge in [0.2, 0.25) is 0 Å². The molecule has 0 aromatic rings. The van der Waals surface area contributed by atoms with Gasteiger partial charge in [0.05, 0.1) is 6.54 Å². The maximum Gasteiger partial charge on any atom is 0.191 e. The predicted molar refractivity (Wildman–Crippen MR) is 87.4 cm³/mol. The number of likely N-dealkylation sites (tertiary alicyclic amines) is 1. The molecule has 0 spiro atoms. The molecule has 0 amide bonds. The van der Waals surface area contributed by atoms with Crippen LogP contribution in [0.25, 0.3) is 0 Å². The van der Waals surface area contributed by atoms with E-state index in [0.717, 1.165) is 45.2 Å². The van der Waals surface area contributed by atoms with Crippen LogP contribution >= 0.6 is 0 Å². The van der Waals surface area contributed by atoms with Crippen molar-refractivity contribution in [3.63, 3.8) is 0 Å². The molecule has 5 heteroatoms. The third kappa shape index (κ3) is 7.70. The van der Waals surface area contributed by atoms with Crippen LogP contribution in [0, 0.1) is 0 Å². The van der Waals surface area contributed by atoms with Gasteiger partial charge in [-0.1, -0.05) is 13.3 Å². The van der Waals surface area contributed by atoms with Gasteiger partial charge in [-0.05, 0) is 46.4 Å². The standard InChI is InChI=1S/C15H33N5/c1-4-16-15(17-9-13-19(3)5-2)18-10-14-20-11-7-6-8-12-20/h4-14H2,1-3H3,(H2,16,17,18). The summed E-state index contributed by atoms with van der Waals surface area (Å²) in [5, 5.41) is 6.72. The Kier molecular flexibility index (Phi) is 9.41. The van der Waals surface area contributed by atoms with Crippen LogP contribution in [0.1, 0.15) is 33.1 Å². The van der Waals surface area contributed by atoms with Crippen molar-refractivity contribution >= 4 is 5.96 Å². The van der Waals surface area contributed by atoms with Gasteiger partial charge >= 0.3 is 0 Å². The van der Waals surface area contributed by atoms with Gasteiger partial charge in [-0.2, -0.15) is 0 Å². The van der Waals surface area contributed by atoms with Gasteiger partial charge in [-0.15, -0.1) is 0 Å². The van der Waals surface area contributed by atoms with Gasteiger partial charge in [0.15, 0.2) is 5.96 Å². The molecular weight excluding hydrogens is 250 g/mol. The van der Waals surface area contributed by atoms with Crippen molar-refractivity contribution in [1.29, 1.82) is 0 Å². The first-order valence-corrected chi connectivity index (χ1v) is 8.19. The first-order chi connectivity index (χ1) is 9.76. The smallest absolute Gasteiger partial charge is 0.191 e. The number of aliphatic imine (C=N–C) groups is 1. The molecule has 0 bridgehead atoms. The average molecular weight is 283 g/mol. The number of rotatable bonds is 8. The number of nitrogens with one attached hydrogen (secondary N) is 2. The first kappa shape index (κ1) is 17.2. The van der Waals surface area contributed by atoms with Crippen LogP contribution in [0.5, 0.6) is 0 Å². The van der Waals surface area contributed by atoms with E-state index in [1.54, 1.807) is 0 Å². The summed E-state index contributed by atoms with van der Waals surface area (Å²) in [4.78, 5) is 9.49. The fourth-order valence-electron chi connectivity index (χ4n) is 2.35. The summed E-state index contributed by atoms with van der Waals surface area (Å²) in [6, 6.07) is 0. The van der Waals surface area contributed by atoms with Crippen LogP contribution in [0.4, 0.5) is 0 Å². The molecule has 0 aromatic heterocycles. The van der Waals surface area contributed by atoms with Gasteiger partial charge in [-0.25, -0.2) is 0 Å². The molecule has 0 radical (unpaired) electrons. The van der Waals surface area contributed by atoms with E-state index in [1.807, 2.05) is 0 Å². The molecule has 20 heavy (non-hydrogen) atoms. The molecule has 1 rings (SSSR count). The lowest BCUT2D eigenvalue weighted by Crippen LogP contribution is -2.41. The van der Waals surface area contributed by atoms with Crippen LogP contribution in [-0.4, -0.2) is 75.2 Å². The molecule has 0 unspecified atom stereocenters. The molecule has 1 aliphatic rings. The molecule has 118 valence electrons. The minimum absolute atomic E-state index is 0.888. The normalized spacial score (nSPS) is 17.5. The minimum atomic E-state index is 0.888. The number of hydrogen-bond donors (Lipinski definition) is 2. The second-order valence-corrected chi connectivity index (χ2v) is 5.49. The van der Waals surface area contributed by atoms with E-state index in [-0.39, 0.29) is 0 Å². The Morgan fingerprint density at radius 3 is 2.55 bits per heavy atom.